The molecule has 0 spiro atoms. The number of amides is 1. The van der Waals surface area contributed by atoms with Crippen molar-refractivity contribution in [3.05, 3.63) is 57.4 Å². The number of hydrogen-bond donors (Lipinski definition) is 1. The highest BCUT2D eigenvalue weighted by atomic mass is 79.9. The van der Waals surface area contributed by atoms with Crippen LogP contribution in [0, 0.1) is 12.7 Å². The summed E-state index contributed by atoms with van der Waals surface area (Å²) in [5.41, 5.74) is 2.06. The van der Waals surface area contributed by atoms with Gasteiger partial charge in [-0.3, -0.25) is 4.79 Å². The van der Waals surface area contributed by atoms with Gasteiger partial charge in [0.05, 0.1) is 10.0 Å². The normalized spacial score (nSPS) is 14.0. The van der Waals surface area contributed by atoms with Crippen molar-refractivity contribution in [2.45, 2.75) is 25.7 Å². The van der Waals surface area contributed by atoms with E-state index in [0.717, 1.165) is 24.0 Å². The molecule has 1 saturated carbocycles. The average Bonchev–Trinajstić information content (AvgIpc) is 3.27. The zero-order valence-corrected chi connectivity index (χ0v) is 13.1. The molecule has 0 unspecified atom stereocenters. The maximum Gasteiger partial charge on any atom is 0.259 e. The van der Waals surface area contributed by atoms with Crippen molar-refractivity contribution in [1.29, 1.82) is 0 Å². The van der Waals surface area contributed by atoms with Crippen LogP contribution in [0.2, 0.25) is 0 Å². The van der Waals surface area contributed by atoms with Crippen LogP contribution in [-0.4, -0.2) is 10.9 Å². The molecule has 1 amide bonds. The third-order valence-corrected chi connectivity index (χ3v) is 4.10. The number of nitrogens with zero attached hydrogens (tertiary/aromatic N) is 1. The van der Waals surface area contributed by atoms with Gasteiger partial charge in [-0.15, -0.1) is 0 Å². The molecule has 0 aliphatic heterocycles. The Labute approximate surface area is 130 Å². The van der Waals surface area contributed by atoms with Crippen LogP contribution in [0.15, 0.2) is 34.9 Å². The second-order valence-corrected chi connectivity index (χ2v) is 6.17. The van der Waals surface area contributed by atoms with Crippen LogP contribution >= 0.6 is 15.9 Å². The summed E-state index contributed by atoms with van der Waals surface area (Å²) in [6.07, 6.45) is 3.87. The van der Waals surface area contributed by atoms with E-state index in [4.69, 9.17) is 0 Å². The van der Waals surface area contributed by atoms with Gasteiger partial charge in [-0.25, -0.2) is 9.37 Å². The van der Waals surface area contributed by atoms with Crippen LogP contribution in [0.5, 0.6) is 0 Å². The zero-order chi connectivity index (χ0) is 15.0. The number of rotatable bonds is 3. The van der Waals surface area contributed by atoms with Gasteiger partial charge >= 0.3 is 0 Å². The molecule has 21 heavy (non-hydrogen) atoms. The standard InChI is InChI=1S/C16H14BrFN2O/c1-9-6-13(17)15(19-8-9)20-16(21)12-7-11(10-2-3-10)4-5-14(12)18/h4-8,10H,2-3H2,1H3,(H,19,20,21). The quantitative estimate of drug-likeness (QED) is 0.891. The summed E-state index contributed by atoms with van der Waals surface area (Å²) in [4.78, 5) is 16.4. The smallest absolute Gasteiger partial charge is 0.259 e. The molecule has 1 aliphatic rings. The Morgan fingerprint density at radius 3 is 2.81 bits per heavy atom. The molecule has 0 radical (unpaired) electrons. The molecule has 5 heteroatoms. The SMILES string of the molecule is Cc1cnc(NC(=O)c2cc(C3CC3)ccc2F)c(Br)c1. The summed E-state index contributed by atoms with van der Waals surface area (Å²) < 4.78 is 14.6. The Hall–Kier alpha value is -1.75. The lowest BCUT2D eigenvalue weighted by molar-refractivity contribution is 0.102. The number of aryl methyl sites for hydroxylation is 1. The molecule has 2 aromatic rings. The van der Waals surface area contributed by atoms with Crippen LogP contribution in [0.25, 0.3) is 0 Å². The molecule has 1 fully saturated rings. The molecule has 1 N–H and O–H groups in total. The van der Waals surface area contributed by atoms with Gasteiger partial charge in [-0.2, -0.15) is 0 Å². The molecule has 1 aromatic carbocycles. The maximum atomic E-state index is 13.9. The molecule has 0 atom stereocenters. The summed E-state index contributed by atoms with van der Waals surface area (Å²) in [7, 11) is 0. The molecule has 3 nitrogen and oxygen atoms in total. The Morgan fingerprint density at radius 2 is 2.14 bits per heavy atom. The number of hydrogen-bond acceptors (Lipinski definition) is 2. The first-order chi connectivity index (χ1) is 10.0. The van der Waals surface area contributed by atoms with E-state index in [9.17, 15) is 9.18 Å². The predicted molar refractivity (Wildman–Crippen MR) is 83.0 cm³/mol. The van der Waals surface area contributed by atoms with E-state index in [1.54, 1.807) is 18.3 Å². The predicted octanol–water partition coefficient (Wildman–Crippen LogP) is 4.42. The van der Waals surface area contributed by atoms with Crippen molar-refractivity contribution >= 4 is 27.7 Å². The molecular weight excluding hydrogens is 335 g/mol. The third-order valence-electron chi connectivity index (χ3n) is 3.49. The van der Waals surface area contributed by atoms with Gasteiger partial charge in [0.25, 0.3) is 5.91 Å². The molecule has 1 aromatic heterocycles. The van der Waals surface area contributed by atoms with Gasteiger partial charge in [0, 0.05) is 6.20 Å². The van der Waals surface area contributed by atoms with Crippen LogP contribution < -0.4 is 5.32 Å². The minimum absolute atomic E-state index is 0.0636. The van der Waals surface area contributed by atoms with Crippen LogP contribution in [0.1, 0.15) is 40.2 Å². The fraction of sp³-hybridized carbons (Fsp3) is 0.250. The fourth-order valence-corrected chi connectivity index (χ4v) is 2.75. The fourth-order valence-electron chi connectivity index (χ4n) is 2.19. The number of nitrogens with one attached hydrogen (secondary N) is 1. The first-order valence-electron chi connectivity index (χ1n) is 6.77. The average molecular weight is 349 g/mol. The lowest BCUT2D eigenvalue weighted by Gasteiger charge is -2.09. The summed E-state index contributed by atoms with van der Waals surface area (Å²) in [6.45, 7) is 1.90. The minimum Gasteiger partial charge on any atom is -0.306 e. The monoisotopic (exact) mass is 348 g/mol. The van der Waals surface area contributed by atoms with Crippen molar-refractivity contribution in [3.63, 3.8) is 0 Å². The largest absolute Gasteiger partial charge is 0.306 e. The highest BCUT2D eigenvalue weighted by Crippen LogP contribution is 2.40. The lowest BCUT2D eigenvalue weighted by atomic mass is 10.1. The molecule has 108 valence electrons. The van der Waals surface area contributed by atoms with Crippen molar-refractivity contribution < 1.29 is 9.18 Å². The minimum atomic E-state index is -0.514. The van der Waals surface area contributed by atoms with E-state index in [1.807, 2.05) is 13.0 Å². The van der Waals surface area contributed by atoms with Gasteiger partial charge < -0.3 is 5.32 Å². The molecule has 1 aliphatic carbocycles. The van der Waals surface area contributed by atoms with Crippen molar-refractivity contribution in [2.24, 2.45) is 0 Å². The van der Waals surface area contributed by atoms with Crippen LogP contribution in [-0.2, 0) is 0 Å². The number of pyridine rings is 1. The lowest BCUT2D eigenvalue weighted by Crippen LogP contribution is -2.15. The number of carbonyl (C=O) groups is 1. The van der Waals surface area contributed by atoms with Crippen molar-refractivity contribution in [3.8, 4) is 0 Å². The van der Waals surface area contributed by atoms with Gasteiger partial charge in [0.1, 0.15) is 11.6 Å². The number of halogens is 2. The van der Waals surface area contributed by atoms with E-state index in [0.29, 0.717) is 16.2 Å². The van der Waals surface area contributed by atoms with Crippen molar-refractivity contribution in [2.75, 3.05) is 5.32 Å². The topological polar surface area (TPSA) is 42.0 Å². The first-order valence-corrected chi connectivity index (χ1v) is 7.57. The van der Waals surface area contributed by atoms with Gasteiger partial charge in [0.2, 0.25) is 0 Å². The Bertz CT molecular complexity index is 713. The Kier molecular flexibility index (Phi) is 3.76. The van der Waals surface area contributed by atoms with Gasteiger partial charge in [0.15, 0.2) is 0 Å². The molecule has 0 bridgehead atoms. The number of carbonyl (C=O) groups excluding carboxylic acids is 1. The van der Waals surface area contributed by atoms with Gasteiger partial charge in [-0.05, 0) is 70.9 Å². The first kappa shape index (κ1) is 14.2. The molecular formula is C16H14BrFN2O. The summed E-state index contributed by atoms with van der Waals surface area (Å²) in [5.74, 6) is -0.129. The Morgan fingerprint density at radius 1 is 1.38 bits per heavy atom. The molecule has 1 heterocycles. The summed E-state index contributed by atoms with van der Waals surface area (Å²) in [5, 5.41) is 2.64. The number of benzene rings is 1. The maximum absolute atomic E-state index is 13.9. The second-order valence-electron chi connectivity index (χ2n) is 5.31. The number of aromatic nitrogens is 1. The highest BCUT2D eigenvalue weighted by Gasteiger charge is 2.25. The second kappa shape index (κ2) is 5.56. The summed E-state index contributed by atoms with van der Waals surface area (Å²) in [6, 6.07) is 6.61. The third kappa shape index (κ3) is 3.13. The van der Waals surface area contributed by atoms with Crippen LogP contribution in [0.3, 0.4) is 0 Å². The van der Waals surface area contributed by atoms with E-state index in [1.165, 1.54) is 6.07 Å². The van der Waals surface area contributed by atoms with Crippen LogP contribution in [0.4, 0.5) is 10.2 Å². The molecule has 0 saturated heterocycles. The van der Waals surface area contributed by atoms with E-state index in [2.05, 4.69) is 26.2 Å². The van der Waals surface area contributed by atoms with E-state index >= 15 is 0 Å². The van der Waals surface area contributed by atoms with Gasteiger partial charge in [-0.1, -0.05) is 6.07 Å². The summed E-state index contributed by atoms with van der Waals surface area (Å²) >= 11 is 3.34. The number of anilines is 1. The van der Waals surface area contributed by atoms with Crippen molar-refractivity contribution in [1.82, 2.24) is 4.98 Å². The molecule has 3 rings (SSSR count). The highest BCUT2D eigenvalue weighted by molar-refractivity contribution is 9.10. The van der Waals surface area contributed by atoms with E-state index < -0.39 is 11.7 Å². The van der Waals surface area contributed by atoms with E-state index in [-0.39, 0.29) is 5.56 Å². The zero-order valence-electron chi connectivity index (χ0n) is 11.5. The Balaban J connectivity index is 1.86.